The van der Waals surface area contributed by atoms with Crippen LogP contribution in [0.3, 0.4) is 0 Å². The van der Waals surface area contributed by atoms with Gasteiger partial charge in [-0.25, -0.2) is 9.89 Å². The number of carbonyl (C=O) groups excluding carboxylic acids is 1. The lowest BCUT2D eigenvalue weighted by Gasteiger charge is -2.12. The minimum absolute atomic E-state index is 0.239. The summed E-state index contributed by atoms with van der Waals surface area (Å²) in [5.41, 5.74) is 2.08. The van der Waals surface area contributed by atoms with E-state index in [-0.39, 0.29) is 11.4 Å². The van der Waals surface area contributed by atoms with Gasteiger partial charge in [-0.3, -0.25) is 10.1 Å². The molecule has 3 N–H and O–H groups in total. The molecule has 2 rings (SSSR count). The Morgan fingerprint density at radius 2 is 2.00 bits per heavy atom. The van der Waals surface area contributed by atoms with Crippen LogP contribution in [0.15, 0.2) is 29.1 Å². The van der Waals surface area contributed by atoms with Crippen molar-refractivity contribution < 1.29 is 4.79 Å². The van der Waals surface area contributed by atoms with Gasteiger partial charge in [0.15, 0.2) is 5.82 Å². The summed E-state index contributed by atoms with van der Waals surface area (Å²) < 4.78 is 0. The Hall–Kier alpha value is -2.34. The van der Waals surface area contributed by atoms with Gasteiger partial charge in [-0.15, -0.1) is 0 Å². The van der Waals surface area contributed by atoms with E-state index in [9.17, 15) is 9.59 Å². The van der Waals surface area contributed by atoms with Crippen LogP contribution in [-0.4, -0.2) is 16.2 Å². The molecular formula is C13H13ClN4O2. The third-order valence-electron chi connectivity index (χ3n) is 2.59. The Morgan fingerprint density at radius 1 is 1.25 bits per heavy atom. The fourth-order valence-electron chi connectivity index (χ4n) is 1.75. The number of urea groups is 1. The smallest absolute Gasteiger partial charge is 0.306 e. The van der Waals surface area contributed by atoms with Gasteiger partial charge in [0.1, 0.15) is 0 Å². The second-order valence-corrected chi connectivity index (χ2v) is 4.73. The summed E-state index contributed by atoms with van der Waals surface area (Å²) >= 11 is 6.10. The fraction of sp³-hybridized carbons (Fsp3) is 0.154. The van der Waals surface area contributed by atoms with Crippen LogP contribution in [0.1, 0.15) is 11.1 Å². The predicted molar refractivity (Wildman–Crippen MR) is 78.4 cm³/mol. The molecule has 0 radical (unpaired) electrons. The van der Waals surface area contributed by atoms with Crippen LogP contribution in [-0.2, 0) is 0 Å². The number of nitrogens with zero attached hydrogens (tertiary/aromatic N) is 1. The topological polar surface area (TPSA) is 86.9 Å². The van der Waals surface area contributed by atoms with Crippen molar-refractivity contribution in [3.05, 3.63) is 50.8 Å². The molecule has 0 aliphatic carbocycles. The minimum atomic E-state index is -0.488. The van der Waals surface area contributed by atoms with Gasteiger partial charge in [0, 0.05) is 6.07 Å². The van der Waals surface area contributed by atoms with Crippen molar-refractivity contribution in [3.8, 4) is 0 Å². The highest BCUT2D eigenvalue weighted by Crippen LogP contribution is 2.27. The van der Waals surface area contributed by atoms with Gasteiger partial charge in [0.2, 0.25) is 0 Å². The molecule has 0 saturated carbocycles. The standard InChI is InChI=1S/C13H13ClN4O2/c1-7-5-8(2)12(9(14)6-7)16-13(20)15-10-3-4-11(19)18-17-10/h3-6H,1-2H3,(H,18,19)(H2,15,16,17,20). The van der Waals surface area contributed by atoms with E-state index < -0.39 is 6.03 Å². The highest BCUT2D eigenvalue weighted by atomic mass is 35.5. The summed E-state index contributed by atoms with van der Waals surface area (Å²) in [7, 11) is 0. The molecule has 1 aromatic heterocycles. The van der Waals surface area contributed by atoms with Crippen molar-refractivity contribution >= 4 is 29.1 Å². The maximum absolute atomic E-state index is 11.8. The van der Waals surface area contributed by atoms with Crippen LogP contribution >= 0.6 is 11.6 Å². The van der Waals surface area contributed by atoms with E-state index in [0.29, 0.717) is 10.7 Å². The molecule has 0 atom stereocenters. The second kappa shape index (κ2) is 5.75. The first-order chi connectivity index (χ1) is 9.45. The molecule has 2 amide bonds. The lowest BCUT2D eigenvalue weighted by Crippen LogP contribution is -2.22. The summed E-state index contributed by atoms with van der Waals surface area (Å²) in [5, 5.41) is 11.5. The number of carbonyl (C=O) groups is 1. The first kappa shape index (κ1) is 14.1. The molecule has 0 bridgehead atoms. The molecule has 0 aliphatic heterocycles. The van der Waals surface area contributed by atoms with Crippen LogP contribution in [0.25, 0.3) is 0 Å². The number of anilines is 2. The molecule has 104 valence electrons. The lowest BCUT2D eigenvalue weighted by molar-refractivity contribution is 0.262. The summed E-state index contributed by atoms with van der Waals surface area (Å²) in [4.78, 5) is 22.7. The number of aryl methyl sites for hydroxylation is 2. The van der Waals surface area contributed by atoms with E-state index in [2.05, 4.69) is 20.8 Å². The molecule has 0 fully saturated rings. The summed E-state index contributed by atoms with van der Waals surface area (Å²) in [6, 6.07) is 5.87. The van der Waals surface area contributed by atoms with E-state index in [1.165, 1.54) is 12.1 Å². The molecule has 2 aromatic rings. The van der Waals surface area contributed by atoms with Crippen LogP contribution < -0.4 is 16.2 Å². The van der Waals surface area contributed by atoms with Crippen molar-refractivity contribution in [2.45, 2.75) is 13.8 Å². The largest absolute Gasteiger partial charge is 0.324 e. The van der Waals surface area contributed by atoms with E-state index in [1.54, 1.807) is 6.07 Å². The van der Waals surface area contributed by atoms with E-state index in [0.717, 1.165) is 11.1 Å². The normalized spacial score (nSPS) is 10.2. The molecule has 0 saturated heterocycles. The average molecular weight is 293 g/mol. The number of amides is 2. The molecule has 7 heteroatoms. The first-order valence-corrected chi connectivity index (χ1v) is 6.24. The Labute approximate surface area is 120 Å². The molecule has 0 unspecified atom stereocenters. The van der Waals surface area contributed by atoms with Gasteiger partial charge < -0.3 is 5.32 Å². The molecule has 20 heavy (non-hydrogen) atoms. The molecule has 1 heterocycles. The van der Waals surface area contributed by atoms with Gasteiger partial charge in [0.05, 0.1) is 10.7 Å². The van der Waals surface area contributed by atoms with Gasteiger partial charge in [-0.05, 0) is 37.1 Å². The third kappa shape index (κ3) is 3.36. The molecular weight excluding hydrogens is 280 g/mol. The summed E-state index contributed by atoms with van der Waals surface area (Å²) in [6.45, 7) is 3.78. The number of benzene rings is 1. The Balaban J connectivity index is 2.12. The third-order valence-corrected chi connectivity index (χ3v) is 2.89. The fourth-order valence-corrected chi connectivity index (χ4v) is 2.12. The van der Waals surface area contributed by atoms with E-state index >= 15 is 0 Å². The summed E-state index contributed by atoms with van der Waals surface area (Å²) in [6.07, 6.45) is 0. The lowest BCUT2D eigenvalue weighted by atomic mass is 10.1. The second-order valence-electron chi connectivity index (χ2n) is 4.32. The number of hydrogen-bond acceptors (Lipinski definition) is 3. The van der Waals surface area contributed by atoms with Crippen molar-refractivity contribution in [3.63, 3.8) is 0 Å². The number of rotatable bonds is 2. The molecule has 6 nitrogen and oxygen atoms in total. The maximum atomic E-state index is 11.8. The van der Waals surface area contributed by atoms with Gasteiger partial charge in [0.25, 0.3) is 5.56 Å². The SMILES string of the molecule is Cc1cc(C)c(NC(=O)Nc2ccc(=O)[nH]n2)c(Cl)c1. The van der Waals surface area contributed by atoms with E-state index in [1.807, 2.05) is 19.9 Å². The zero-order chi connectivity index (χ0) is 14.7. The van der Waals surface area contributed by atoms with Crippen LogP contribution in [0, 0.1) is 13.8 Å². The van der Waals surface area contributed by atoms with Crippen LogP contribution in [0.5, 0.6) is 0 Å². The number of aromatic nitrogens is 2. The maximum Gasteiger partial charge on any atom is 0.324 e. The number of H-pyrrole nitrogens is 1. The van der Waals surface area contributed by atoms with Crippen LogP contribution in [0.2, 0.25) is 5.02 Å². The van der Waals surface area contributed by atoms with Crippen molar-refractivity contribution in [1.82, 2.24) is 10.2 Å². The summed E-state index contributed by atoms with van der Waals surface area (Å²) in [5.74, 6) is 0.239. The number of nitrogens with one attached hydrogen (secondary N) is 3. The Bertz CT molecular complexity index is 668. The average Bonchev–Trinajstić information content (AvgIpc) is 2.36. The van der Waals surface area contributed by atoms with Crippen LogP contribution in [0.4, 0.5) is 16.3 Å². The highest BCUT2D eigenvalue weighted by molar-refractivity contribution is 6.34. The van der Waals surface area contributed by atoms with Gasteiger partial charge in [-0.2, -0.15) is 5.10 Å². The van der Waals surface area contributed by atoms with Gasteiger partial charge >= 0.3 is 6.03 Å². The van der Waals surface area contributed by atoms with Crippen molar-refractivity contribution in [2.75, 3.05) is 10.6 Å². The highest BCUT2D eigenvalue weighted by Gasteiger charge is 2.10. The number of aromatic amines is 1. The van der Waals surface area contributed by atoms with E-state index in [4.69, 9.17) is 11.6 Å². The zero-order valence-electron chi connectivity index (χ0n) is 11.0. The Kier molecular flexibility index (Phi) is 4.05. The zero-order valence-corrected chi connectivity index (χ0v) is 11.7. The number of hydrogen-bond donors (Lipinski definition) is 3. The predicted octanol–water partition coefficient (Wildman–Crippen LogP) is 2.68. The Morgan fingerprint density at radius 3 is 2.60 bits per heavy atom. The molecule has 0 spiro atoms. The molecule has 1 aromatic carbocycles. The van der Waals surface area contributed by atoms with Crippen molar-refractivity contribution in [2.24, 2.45) is 0 Å². The van der Waals surface area contributed by atoms with Gasteiger partial charge in [-0.1, -0.05) is 17.7 Å². The minimum Gasteiger partial charge on any atom is -0.306 e. The number of halogens is 1. The monoisotopic (exact) mass is 292 g/mol. The first-order valence-electron chi connectivity index (χ1n) is 5.86. The van der Waals surface area contributed by atoms with Crippen molar-refractivity contribution in [1.29, 1.82) is 0 Å². The quantitative estimate of drug-likeness (QED) is 0.795. The molecule has 0 aliphatic rings.